The Morgan fingerprint density at radius 1 is 1.28 bits per heavy atom. The van der Waals surface area contributed by atoms with Gasteiger partial charge in [0.05, 0.1) is 6.54 Å². The van der Waals surface area contributed by atoms with Crippen LogP contribution in [0.25, 0.3) is 0 Å². The first-order valence-corrected chi connectivity index (χ1v) is 11.1. The Hall–Kier alpha value is -1.22. The van der Waals surface area contributed by atoms with E-state index < -0.39 is 10.0 Å². The molecule has 0 bridgehead atoms. The van der Waals surface area contributed by atoms with E-state index in [4.69, 9.17) is 0 Å². The molecule has 0 aromatic carbocycles. The van der Waals surface area contributed by atoms with Crippen molar-refractivity contribution in [2.75, 3.05) is 39.3 Å². The van der Waals surface area contributed by atoms with Crippen molar-refractivity contribution in [3.05, 3.63) is 29.3 Å². The average Bonchev–Trinajstić information content (AvgIpc) is 3.30. The molecule has 8 heteroatoms. The molecule has 0 N–H and O–H groups in total. The van der Waals surface area contributed by atoms with E-state index in [1.54, 1.807) is 17.5 Å². The molecule has 0 saturated carbocycles. The highest BCUT2D eigenvalue weighted by molar-refractivity contribution is 7.91. The van der Waals surface area contributed by atoms with Gasteiger partial charge >= 0.3 is 0 Å². The summed E-state index contributed by atoms with van der Waals surface area (Å²) in [5, 5.41) is 1.78. The molecule has 138 valence electrons. The number of carbonyl (C=O) groups is 1. The van der Waals surface area contributed by atoms with Crippen LogP contribution in [0.2, 0.25) is 0 Å². The molecular formula is C17H25N3O3S2. The van der Waals surface area contributed by atoms with Crippen LogP contribution in [0.1, 0.15) is 26.2 Å². The molecule has 1 aromatic heterocycles. The quantitative estimate of drug-likeness (QED) is 0.754. The number of nitrogens with zero attached hydrogens (tertiary/aromatic N) is 3. The van der Waals surface area contributed by atoms with Crippen molar-refractivity contribution in [1.29, 1.82) is 0 Å². The number of thiophene rings is 1. The Balaban J connectivity index is 1.55. The lowest BCUT2D eigenvalue weighted by molar-refractivity contribution is -0.130. The van der Waals surface area contributed by atoms with Crippen molar-refractivity contribution in [2.24, 2.45) is 0 Å². The summed E-state index contributed by atoms with van der Waals surface area (Å²) in [4.78, 5) is 16.5. The normalized spacial score (nSPS) is 19.8. The number of piperazine rings is 1. The minimum absolute atomic E-state index is 0.116. The van der Waals surface area contributed by atoms with Gasteiger partial charge in [-0.05, 0) is 37.6 Å². The van der Waals surface area contributed by atoms with Crippen molar-refractivity contribution in [2.45, 2.75) is 30.4 Å². The summed E-state index contributed by atoms with van der Waals surface area (Å²) < 4.78 is 27.0. The van der Waals surface area contributed by atoms with E-state index >= 15 is 0 Å². The minimum Gasteiger partial charge on any atom is -0.316 e. The van der Waals surface area contributed by atoms with Gasteiger partial charge in [-0.15, -0.1) is 11.3 Å². The molecule has 3 rings (SSSR count). The highest BCUT2D eigenvalue weighted by Gasteiger charge is 2.30. The largest absolute Gasteiger partial charge is 0.316 e. The van der Waals surface area contributed by atoms with Gasteiger partial charge in [0.1, 0.15) is 4.21 Å². The zero-order chi connectivity index (χ0) is 17.9. The predicted octanol–water partition coefficient (Wildman–Crippen LogP) is 1.97. The molecule has 2 aliphatic rings. The second-order valence-electron chi connectivity index (χ2n) is 6.34. The van der Waals surface area contributed by atoms with Crippen LogP contribution >= 0.6 is 11.3 Å². The van der Waals surface area contributed by atoms with E-state index in [-0.39, 0.29) is 5.91 Å². The minimum atomic E-state index is -3.38. The van der Waals surface area contributed by atoms with Crippen molar-refractivity contribution >= 4 is 27.3 Å². The summed E-state index contributed by atoms with van der Waals surface area (Å²) in [5.74, 6) is 0.116. The predicted molar refractivity (Wildman–Crippen MR) is 98.8 cm³/mol. The second kappa shape index (κ2) is 7.99. The number of hydrogen-bond donors (Lipinski definition) is 0. The number of amides is 1. The Morgan fingerprint density at radius 2 is 2.04 bits per heavy atom. The maximum Gasteiger partial charge on any atom is 0.252 e. The van der Waals surface area contributed by atoms with Crippen LogP contribution in [0.5, 0.6) is 0 Å². The van der Waals surface area contributed by atoms with Gasteiger partial charge in [-0.25, -0.2) is 8.42 Å². The van der Waals surface area contributed by atoms with Crippen LogP contribution in [-0.4, -0.2) is 67.7 Å². The van der Waals surface area contributed by atoms with Gasteiger partial charge in [0.25, 0.3) is 10.0 Å². The Labute approximate surface area is 153 Å². The first kappa shape index (κ1) is 18.6. The van der Waals surface area contributed by atoms with E-state index in [9.17, 15) is 13.2 Å². The van der Waals surface area contributed by atoms with E-state index in [0.717, 1.165) is 25.0 Å². The third-order valence-electron chi connectivity index (χ3n) is 4.76. The molecule has 0 radical (unpaired) electrons. The SMILES string of the molecule is CCN(C(=O)CN1CCN(S(=O)(=O)c2cccs2)CC1)C1=CCCC1. The molecule has 1 aromatic rings. The van der Waals surface area contributed by atoms with Gasteiger partial charge in [0.2, 0.25) is 5.91 Å². The zero-order valence-electron chi connectivity index (χ0n) is 14.6. The van der Waals surface area contributed by atoms with Gasteiger partial charge < -0.3 is 4.90 Å². The molecule has 1 aliphatic carbocycles. The maximum absolute atomic E-state index is 12.6. The molecular weight excluding hydrogens is 358 g/mol. The molecule has 0 atom stereocenters. The molecule has 1 saturated heterocycles. The fraction of sp³-hybridized carbons (Fsp3) is 0.588. The summed E-state index contributed by atoms with van der Waals surface area (Å²) in [6.45, 7) is 5.10. The molecule has 1 amide bonds. The van der Waals surface area contributed by atoms with Crippen LogP contribution in [0, 0.1) is 0 Å². The smallest absolute Gasteiger partial charge is 0.252 e. The highest BCUT2D eigenvalue weighted by atomic mass is 32.2. The van der Waals surface area contributed by atoms with Crippen molar-refractivity contribution < 1.29 is 13.2 Å². The van der Waals surface area contributed by atoms with Gasteiger partial charge in [0, 0.05) is 38.4 Å². The number of allylic oxidation sites excluding steroid dienone is 2. The summed E-state index contributed by atoms with van der Waals surface area (Å²) >= 11 is 1.25. The van der Waals surface area contributed by atoms with Gasteiger partial charge in [-0.2, -0.15) is 4.31 Å². The second-order valence-corrected chi connectivity index (χ2v) is 9.45. The highest BCUT2D eigenvalue weighted by Crippen LogP contribution is 2.23. The molecule has 2 heterocycles. The third kappa shape index (κ3) is 4.13. The summed E-state index contributed by atoms with van der Waals surface area (Å²) in [5.41, 5.74) is 1.14. The van der Waals surface area contributed by atoms with Crippen molar-refractivity contribution in [1.82, 2.24) is 14.1 Å². The summed E-state index contributed by atoms with van der Waals surface area (Å²) in [7, 11) is -3.38. The monoisotopic (exact) mass is 383 g/mol. The zero-order valence-corrected chi connectivity index (χ0v) is 16.2. The molecule has 0 spiro atoms. The summed E-state index contributed by atoms with van der Waals surface area (Å²) in [6.07, 6.45) is 5.32. The van der Waals surface area contributed by atoms with E-state index in [1.807, 2.05) is 11.8 Å². The van der Waals surface area contributed by atoms with Crippen LogP contribution < -0.4 is 0 Å². The van der Waals surface area contributed by atoms with Gasteiger partial charge in [0.15, 0.2) is 0 Å². The maximum atomic E-state index is 12.6. The number of likely N-dealkylation sites (N-methyl/N-ethyl adjacent to an activating group) is 1. The fourth-order valence-corrected chi connectivity index (χ4v) is 5.95. The van der Waals surface area contributed by atoms with Crippen LogP contribution in [0.3, 0.4) is 0 Å². The van der Waals surface area contributed by atoms with E-state index in [2.05, 4.69) is 11.0 Å². The molecule has 1 fully saturated rings. The fourth-order valence-electron chi connectivity index (χ4n) is 3.38. The van der Waals surface area contributed by atoms with Crippen LogP contribution in [0.4, 0.5) is 0 Å². The van der Waals surface area contributed by atoms with Crippen LogP contribution in [-0.2, 0) is 14.8 Å². The summed E-state index contributed by atoms with van der Waals surface area (Å²) in [6, 6.07) is 3.40. The van der Waals surface area contributed by atoms with Crippen molar-refractivity contribution in [3.63, 3.8) is 0 Å². The first-order chi connectivity index (χ1) is 12.0. The first-order valence-electron chi connectivity index (χ1n) is 8.78. The number of hydrogen-bond acceptors (Lipinski definition) is 5. The molecule has 1 aliphatic heterocycles. The lowest BCUT2D eigenvalue weighted by atomic mass is 10.3. The average molecular weight is 384 g/mol. The van der Waals surface area contributed by atoms with Crippen LogP contribution in [0.15, 0.2) is 33.5 Å². The Bertz CT molecular complexity index is 720. The molecule has 0 unspecified atom stereocenters. The topological polar surface area (TPSA) is 60.9 Å². The molecule has 6 nitrogen and oxygen atoms in total. The van der Waals surface area contributed by atoms with E-state index in [1.165, 1.54) is 15.6 Å². The number of rotatable bonds is 6. The standard InChI is InChI=1S/C17H25N3O3S2/c1-2-20(15-6-3-4-7-15)16(21)14-18-9-11-19(12-10-18)25(22,23)17-8-5-13-24-17/h5-6,8,13H,2-4,7,9-12,14H2,1H3. The lowest BCUT2D eigenvalue weighted by Crippen LogP contribution is -2.51. The van der Waals surface area contributed by atoms with Gasteiger partial charge in [-0.3, -0.25) is 9.69 Å². The number of sulfonamides is 1. The van der Waals surface area contributed by atoms with Crippen molar-refractivity contribution in [3.8, 4) is 0 Å². The third-order valence-corrected chi connectivity index (χ3v) is 8.03. The Morgan fingerprint density at radius 3 is 2.60 bits per heavy atom. The van der Waals surface area contributed by atoms with Gasteiger partial charge in [-0.1, -0.05) is 12.1 Å². The van der Waals surface area contributed by atoms with E-state index in [0.29, 0.717) is 43.5 Å². The lowest BCUT2D eigenvalue weighted by Gasteiger charge is -2.34. The Kier molecular flexibility index (Phi) is 5.93. The number of carbonyl (C=O) groups excluding carboxylic acids is 1. The molecule has 25 heavy (non-hydrogen) atoms.